The molecule has 0 saturated heterocycles. The molecule has 0 aliphatic heterocycles. The van der Waals surface area contributed by atoms with Crippen molar-refractivity contribution in [1.82, 2.24) is 4.98 Å². The molecule has 0 aliphatic carbocycles. The van der Waals surface area contributed by atoms with Crippen LogP contribution in [0.25, 0.3) is 10.9 Å². The molecule has 0 atom stereocenters. The van der Waals surface area contributed by atoms with Gasteiger partial charge in [0.2, 0.25) is 0 Å². The van der Waals surface area contributed by atoms with Crippen molar-refractivity contribution in [1.29, 1.82) is 5.26 Å². The second kappa shape index (κ2) is 9.15. The van der Waals surface area contributed by atoms with Gasteiger partial charge in [-0.05, 0) is 43.3 Å². The van der Waals surface area contributed by atoms with Gasteiger partial charge in [0.1, 0.15) is 11.6 Å². The van der Waals surface area contributed by atoms with Crippen molar-refractivity contribution in [2.24, 2.45) is 0 Å². The van der Waals surface area contributed by atoms with Crippen LogP contribution in [0.4, 0.5) is 11.4 Å². The van der Waals surface area contributed by atoms with Gasteiger partial charge in [0.15, 0.2) is 0 Å². The van der Waals surface area contributed by atoms with E-state index in [1.807, 2.05) is 36.4 Å². The van der Waals surface area contributed by atoms with E-state index in [1.165, 1.54) is 6.20 Å². The van der Waals surface area contributed by atoms with E-state index in [0.29, 0.717) is 16.9 Å². The zero-order chi connectivity index (χ0) is 20.6. The monoisotopic (exact) mass is 386 g/mol. The summed E-state index contributed by atoms with van der Waals surface area (Å²) < 4.78 is 4.92. The third-order valence-corrected chi connectivity index (χ3v) is 4.02. The number of hydrogen-bond acceptors (Lipinski definition) is 6. The van der Waals surface area contributed by atoms with E-state index in [2.05, 4.69) is 15.6 Å². The van der Waals surface area contributed by atoms with Gasteiger partial charge in [0.25, 0.3) is 5.91 Å². The number of anilines is 2. The summed E-state index contributed by atoms with van der Waals surface area (Å²) in [4.78, 5) is 28.4. The van der Waals surface area contributed by atoms with E-state index in [9.17, 15) is 14.9 Å². The SMILES string of the molecule is CCOC(=O)c1ccc(NC(=O)/C(C#N)=C\Nc2cccc3cccnc23)cc1. The molecule has 2 aromatic carbocycles. The molecule has 0 aliphatic rings. The molecule has 7 heteroatoms. The number of nitrogens with zero attached hydrogens (tertiary/aromatic N) is 2. The van der Waals surface area contributed by atoms with Crippen molar-refractivity contribution < 1.29 is 14.3 Å². The Morgan fingerprint density at radius 3 is 2.62 bits per heavy atom. The molecule has 144 valence electrons. The van der Waals surface area contributed by atoms with Gasteiger partial charge < -0.3 is 15.4 Å². The van der Waals surface area contributed by atoms with Crippen LogP contribution in [0.5, 0.6) is 0 Å². The zero-order valence-electron chi connectivity index (χ0n) is 15.7. The number of benzene rings is 2. The third-order valence-electron chi connectivity index (χ3n) is 4.02. The van der Waals surface area contributed by atoms with Crippen molar-refractivity contribution in [2.75, 3.05) is 17.2 Å². The second-order valence-corrected chi connectivity index (χ2v) is 5.95. The Morgan fingerprint density at radius 1 is 1.14 bits per heavy atom. The number of pyridine rings is 1. The summed E-state index contributed by atoms with van der Waals surface area (Å²) in [6.07, 6.45) is 3.01. The number of nitrogens with one attached hydrogen (secondary N) is 2. The average molecular weight is 386 g/mol. The molecule has 0 saturated carbocycles. The standard InChI is InChI=1S/C22H18N4O3/c1-2-29-22(28)16-8-10-18(11-9-16)26-21(27)17(13-23)14-25-19-7-3-5-15-6-4-12-24-20(15)19/h3-12,14,25H,2H2,1H3,(H,26,27)/b17-14-. The second-order valence-electron chi connectivity index (χ2n) is 5.95. The summed E-state index contributed by atoms with van der Waals surface area (Å²) in [6, 6.07) is 17.5. The molecule has 0 bridgehead atoms. The van der Waals surface area contributed by atoms with Crippen molar-refractivity contribution in [2.45, 2.75) is 6.92 Å². The van der Waals surface area contributed by atoms with E-state index in [1.54, 1.807) is 37.4 Å². The Hall–Kier alpha value is -4.18. The lowest BCUT2D eigenvalue weighted by Crippen LogP contribution is -2.14. The van der Waals surface area contributed by atoms with Gasteiger partial charge in [-0.15, -0.1) is 0 Å². The first-order chi connectivity index (χ1) is 14.1. The first-order valence-electron chi connectivity index (χ1n) is 8.91. The van der Waals surface area contributed by atoms with Crippen LogP contribution in [0, 0.1) is 11.3 Å². The molecule has 0 unspecified atom stereocenters. The molecule has 29 heavy (non-hydrogen) atoms. The average Bonchev–Trinajstić information content (AvgIpc) is 2.75. The number of fused-ring (bicyclic) bond motifs is 1. The number of hydrogen-bond donors (Lipinski definition) is 2. The van der Waals surface area contributed by atoms with Gasteiger partial charge in [0, 0.05) is 23.5 Å². The lowest BCUT2D eigenvalue weighted by molar-refractivity contribution is -0.112. The Kier molecular flexibility index (Phi) is 6.18. The van der Waals surface area contributed by atoms with Gasteiger partial charge in [-0.25, -0.2) is 4.79 Å². The molecule has 1 aromatic heterocycles. The zero-order valence-corrected chi connectivity index (χ0v) is 15.7. The number of amides is 1. The van der Waals surface area contributed by atoms with Crippen LogP contribution in [-0.2, 0) is 9.53 Å². The minimum absolute atomic E-state index is 0.104. The van der Waals surface area contributed by atoms with Crippen LogP contribution in [0.1, 0.15) is 17.3 Å². The third kappa shape index (κ3) is 4.76. The highest BCUT2D eigenvalue weighted by atomic mass is 16.5. The molecular weight excluding hydrogens is 368 g/mol. The maximum absolute atomic E-state index is 12.4. The molecular formula is C22H18N4O3. The van der Waals surface area contributed by atoms with Gasteiger partial charge in [0.05, 0.1) is 23.4 Å². The molecule has 1 amide bonds. The van der Waals surface area contributed by atoms with E-state index >= 15 is 0 Å². The number of carbonyl (C=O) groups excluding carboxylic acids is 2. The van der Waals surface area contributed by atoms with Gasteiger partial charge in [-0.1, -0.05) is 18.2 Å². The molecule has 3 aromatic rings. The van der Waals surface area contributed by atoms with Crippen LogP contribution in [0.2, 0.25) is 0 Å². The van der Waals surface area contributed by atoms with Crippen molar-refractivity contribution >= 4 is 34.2 Å². The number of esters is 1. The molecule has 0 fully saturated rings. The number of aromatic nitrogens is 1. The smallest absolute Gasteiger partial charge is 0.338 e. The van der Waals surface area contributed by atoms with E-state index in [0.717, 1.165) is 10.9 Å². The fraction of sp³-hybridized carbons (Fsp3) is 0.0909. The predicted molar refractivity (Wildman–Crippen MR) is 110 cm³/mol. The van der Waals surface area contributed by atoms with Gasteiger partial charge in [-0.3, -0.25) is 9.78 Å². The van der Waals surface area contributed by atoms with Crippen LogP contribution in [-0.4, -0.2) is 23.5 Å². The van der Waals surface area contributed by atoms with Gasteiger partial charge >= 0.3 is 5.97 Å². The Bertz CT molecular complexity index is 1110. The van der Waals surface area contributed by atoms with Crippen LogP contribution in [0.15, 0.2) is 72.6 Å². The first-order valence-corrected chi connectivity index (χ1v) is 8.91. The maximum Gasteiger partial charge on any atom is 0.338 e. The molecule has 3 rings (SSSR count). The summed E-state index contributed by atoms with van der Waals surface area (Å²) in [7, 11) is 0. The van der Waals surface area contributed by atoms with Crippen molar-refractivity contribution in [3.63, 3.8) is 0 Å². The Balaban J connectivity index is 1.72. The van der Waals surface area contributed by atoms with Gasteiger partial charge in [-0.2, -0.15) is 5.26 Å². The van der Waals surface area contributed by atoms with Crippen molar-refractivity contribution in [3.8, 4) is 6.07 Å². The molecule has 7 nitrogen and oxygen atoms in total. The molecule has 1 heterocycles. The maximum atomic E-state index is 12.4. The molecule has 2 N–H and O–H groups in total. The molecule has 0 spiro atoms. The predicted octanol–water partition coefficient (Wildman–Crippen LogP) is 3.87. The lowest BCUT2D eigenvalue weighted by atomic mass is 10.2. The van der Waals surface area contributed by atoms with Crippen molar-refractivity contribution in [3.05, 3.63) is 78.1 Å². The summed E-state index contributed by atoms with van der Waals surface area (Å²) in [5.41, 5.74) is 2.15. The number of ether oxygens (including phenoxy) is 1. The van der Waals surface area contributed by atoms with E-state index in [4.69, 9.17) is 4.74 Å². The highest BCUT2D eigenvalue weighted by Gasteiger charge is 2.11. The minimum Gasteiger partial charge on any atom is -0.462 e. The Labute approximate surface area is 167 Å². The van der Waals surface area contributed by atoms with Crippen LogP contribution < -0.4 is 10.6 Å². The van der Waals surface area contributed by atoms with E-state index < -0.39 is 11.9 Å². The topological polar surface area (TPSA) is 104 Å². The Morgan fingerprint density at radius 2 is 1.90 bits per heavy atom. The fourth-order valence-electron chi connectivity index (χ4n) is 2.62. The largest absolute Gasteiger partial charge is 0.462 e. The summed E-state index contributed by atoms with van der Waals surface area (Å²) in [5.74, 6) is -1.01. The number of nitriles is 1. The number of rotatable bonds is 6. The lowest BCUT2D eigenvalue weighted by Gasteiger charge is -2.07. The van der Waals surface area contributed by atoms with E-state index in [-0.39, 0.29) is 12.2 Å². The highest BCUT2D eigenvalue weighted by Crippen LogP contribution is 2.21. The number of carbonyl (C=O) groups is 2. The van der Waals surface area contributed by atoms with Crippen LogP contribution >= 0.6 is 0 Å². The van der Waals surface area contributed by atoms with Crippen LogP contribution in [0.3, 0.4) is 0 Å². The highest BCUT2D eigenvalue weighted by molar-refractivity contribution is 6.07. The fourth-order valence-corrected chi connectivity index (χ4v) is 2.62. The summed E-state index contributed by atoms with van der Waals surface area (Å²) in [6.45, 7) is 2.01. The first kappa shape index (κ1) is 19.6. The molecule has 0 radical (unpaired) electrons. The normalized spacial score (nSPS) is 10.8. The quantitative estimate of drug-likeness (QED) is 0.379. The summed E-state index contributed by atoms with van der Waals surface area (Å²) in [5, 5.41) is 15.9. The minimum atomic E-state index is -0.572. The number of para-hydroxylation sites is 1. The summed E-state index contributed by atoms with van der Waals surface area (Å²) >= 11 is 0.